The first kappa shape index (κ1) is 14.0. The summed E-state index contributed by atoms with van der Waals surface area (Å²) in [6.07, 6.45) is -0.119. The van der Waals surface area contributed by atoms with Crippen molar-refractivity contribution in [3.8, 4) is 0 Å². The quantitative estimate of drug-likeness (QED) is 0.878. The molecular weight excluding hydrogens is 262 g/mol. The number of aliphatic hydroxyl groups is 1. The van der Waals surface area contributed by atoms with Gasteiger partial charge in [0, 0.05) is 6.54 Å². The lowest BCUT2D eigenvalue weighted by molar-refractivity contribution is 0.186. The zero-order chi connectivity index (χ0) is 13.9. The monoisotopic (exact) mass is 279 g/mol. The van der Waals surface area contributed by atoms with E-state index >= 15 is 0 Å². The molecule has 0 saturated carbocycles. The normalized spacial score (nSPS) is 13.6. The number of hydrogen-bond donors (Lipinski definition) is 2. The molecule has 2 N–H and O–H groups in total. The van der Waals surface area contributed by atoms with Crippen LogP contribution in [0.4, 0.5) is 0 Å². The van der Waals surface area contributed by atoms with E-state index in [1.807, 2.05) is 24.3 Å². The van der Waals surface area contributed by atoms with Crippen LogP contribution in [0.25, 0.3) is 10.8 Å². The molecule has 4 nitrogen and oxygen atoms in total. The van der Waals surface area contributed by atoms with E-state index in [0.717, 1.165) is 10.8 Å². The molecule has 0 spiro atoms. The minimum absolute atomic E-state index is 0.229. The van der Waals surface area contributed by atoms with Gasteiger partial charge in [-0.2, -0.15) is 0 Å². The highest BCUT2D eigenvalue weighted by atomic mass is 32.2. The van der Waals surface area contributed by atoms with Gasteiger partial charge < -0.3 is 5.11 Å². The molecule has 102 valence electrons. The van der Waals surface area contributed by atoms with Crippen molar-refractivity contribution in [3.05, 3.63) is 42.5 Å². The SMILES string of the molecule is CC(O)CCNS(=O)(=O)c1ccc2ccccc2c1. The summed E-state index contributed by atoms with van der Waals surface area (Å²) < 4.78 is 26.6. The Morgan fingerprint density at radius 3 is 2.53 bits per heavy atom. The Bertz CT molecular complexity index is 665. The van der Waals surface area contributed by atoms with E-state index in [9.17, 15) is 8.42 Å². The minimum Gasteiger partial charge on any atom is -0.393 e. The predicted molar refractivity (Wildman–Crippen MR) is 75.4 cm³/mol. The van der Waals surface area contributed by atoms with Gasteiger partial charge in [-0.1, -0.05) is 30.3 Å². The van der Waals surface area contributed by atoms with Gasteiger partial charge in [-0.05, 0) is 36.2 Å². The molecule has 0 aliphatic carbocycles. The second-order valence-electron chi connectivity index (χ2n) is 4.54. The molecule has 0 radical (unpaired) electrons. The number of sulfonamides is 1. The molecular formula is C14H17NO3S. The molecule has 0 fully saturated rings. The molecule has 5 heteroatoms. The number of nitrogens with one attached hydrogen (secondary N) is 1. The molecule has 19 heavy (non-hydrogen) atoms. The highest BCUT2D eigenvalue weighted by Crippen LogP contribution is 2.18. The molecule has 0 saturated heterocycles. The first-order valence-electron chi connectivity index (χ1n) is 6.15. The molecule has 2 aromatic rings. The average molecular weight is 279 g/mol. The summed E-state index contributed by atoms with van der Waals surface area (Å²) in [4.78, 5) is 0.247. The van der Waals surface area contributed by atoms with Crippen molar-refractivity contribution >= 4 is 20.8 Å². The maximum atomic E-state index is 12.1. The number of benzene rings is 2. The van der Waals surface area contributed by atoms with Crippen LogP contribution < -0.4 is 4.72 Å². The van der Waals surface area contributed by atoms with Gasteiger partial charge in [0.05, 0.1) is 11.0 Å². The van der Waals surface area contributed by atoms with Crippen LogP contribution in [0, 0.1) is 0 Å². The van der Waals surface area contributed by atoms with E-state index < -0.39 is 16.1 Å². The third-order valence-corrected chi connectivity index (χ3v) is 4.34. The van der Waals surface area contributed by atoms with E-state index in [0.29, 0.717) is 6.42 Å². The molecule has 0 amide bonds. The van der Waals surface area contributed by atoms with Crippen molar-refractivity contribution in [2.45, 2.75) is 24.3 Å². The van der Waals surface area contributed by atoms with Crippen molar-refractivity contribution in [1.29, 1.82) is 0 Å². The predicted octanol–water partition coefficient (Wildman–Crippen LogP) is 1.89. The van der Waals surface area contributed by atoms with E-state index in [-0.39, 0.29) is 11.4 Å². The van der Waals surface area contributed by atoms with Gasteiger partial charge in [0.2, 0.25) is 10.0 Å². The van der Waals surface area contributed by atoms with Crippen LogP contribution in [0.3, 0.4) is 0 Å². The fraction of sp³-hybridized carbons (Fsp3) is 0.286. The lowest BCUT2D eigenvalue weighted by Gasteiger charge is -2.08. The molecule has 0 aliphatic heterocycles. The zero-order valence-corrected chi connectivity index (χ0v) is 11.5. The van der Waals surface area contributed by atoms with Crippen LogP contribution in [0.1, 0.15) is 13.3 Å². The Labute approximate surface area is 113 Å². The molecule has 1 atom stereocenters. The topological polar surface area (TPSA) is 66.4 Å². The molecule has 0 bridgehead atoms. The molecule has 2 rings (SSSR count). The molecule has 0 heterocycles. The third kappa shape index (κ3) is 3.53. The average Bonchev–Trinajstić information content (AvgIpc) is 2.37. The van der Waals surface area contributed by atoms with E-state index in [1.165, 1.54) is 0 Å². The molecule has 1 unspecified atom stereocenters. The highest BCUT2D eigenvalue weighted by molar-refractivity contribution is 7.89. The van der Waals surface area contributed by atoms with Crippen LogP contribution in [0.2, 0.25) is 0 Å². The second kappa shape index (κ2) is 5.69. The Morgan fingerprint density at radius 2 is 1.84 bits per heavy atom. The third-order valence-electron chi connectivity index (χ3n) is 2.89. The van der Waals surface area contributed by atoms with Gasteiger partial charge in [0.1, 0.15) is 0 Å². The first-order valence-corrected chi connectivity index (χ1v) is 7.64. The number of hydrogen-bond acceptors (Lipinski definition) is 3. The summed E-state index contributed by atoms with van der Waals surface area (Å²) in [5, 5.41) is 11.0. The second-order valence-corrected chi connectivity index (χ2v) is 6.31. The summed E-state index contributed by atoms with van der Waals surface area (Å²) in [7, 11) is -3.51. The van der Waals surface area contributed by atoms with Crippen molar-refractivity contribution in [2.75, 3.05) is 6.54 Å². The van der Waals surface area contributed by atoms with Crippen LogP contribution in [-0.4, -0.2) is 26.2 Å². The summed E-state index contributed by atoms with van der Waals surface area (Å²) in [6.45, 7) is 1.86. The van der Waals surface area contributed by atoms with Gasteiger partial charge in [0.25, 0.3) is 0 Å². The van der Waals surface area contributed by atoms with Crippen LogP contribution >= 0.6 is 0 Å². The summed E-state index contributed by atoms with van der Waals surface area (Å²) in [6, 6.07) is 12.6. The van der Waals surface area contributed by atoms with Gasteiger partial charge in [-0.25, -0.2) is 13.1 Å². The largest absolute Gasteiger partial charge is 0.393 e. The number of rotatable bonds is 5. The van der Waals surface area contributed by atoms with E-state index in [1.54, 1.807) is 25.1 Å². The van der Waals surface area contributed by atoms with Crippen LogP contribution in [0.5, 0.6) is 0 Å². The molecule has 0 aromatic heterocycles. The number of fused-ring (bicyclic) bond motifs is 1. The minimum atomic E-state index is -3.51. The smallest absolute Gasteiger partial charge is 0.240 e. The lowest BCUT2D eigenvalue weighted by Crippen LogP contribution is -2.26. The van der Waals surface area contributed by atoms with Crippen LogP contribution in [0.15, 0.2) is 47.4 Å². The Morgan fingerprint density at radius 1 is 1.16 bits per heavy atom. The summed E-state index contributed by atoms with van der Waals surface area (Å²) >= 11 is 0. The summed E-state index contributed by atoms with van der Waals surface area (Å²) in [5.74, 6) is 0. The Balaban J connectivity index is 2.22. The first-order chi connectivity index (χ1) is 8.99. The molecule has 0 aliphatic rings. The van der Waals surface area contributed by atoms with Crippen molar-refractivity contribution in [1.82, 2.24) is 4.72 Å². The zero-order valence-electron chi connectivity index (χ0n) is 10.7. The van der Waals surface area contributed by atoms with Crippen molar-refractivity contribution in [2.24, 2.45) is 0 Å². The van der Waals surface area contributed by atoms with Crippen molar-refractivity contribution in [3.63, 3.8) is 0 Å². The van der Waals surface area contributed by atoms with Gasteiger partial charge in [-0.3, -0.25) is 0 Å². The Kier molecular flexibility index (Phi) is 4.19. The maximum Gasteiger partial charge on any atom is 0.240 e. The van der Waals surface area contributed by atoms with Crippen LogP contribution in [-0.2, 0) is 10.0 Å². The van der Waals surface area contributed by atoms with Crippen molar-refractivity contribution < 1.29 is 13.5 Å². The fourth-order valence-electron chi connectivity index (χ4n) is 1.82. The van der Waals surface area contributed by atoms with E-state index in [4.69, 9.17) is 5.11 Å². The number of aliphatic hydroxyl groups excluding tert-OH is 1. The highest BCUT2D eigenvalue weighted by Gasteiger charge is 2.13. The van der Waals surface area contributed by atoms with Gasteiger partial charge >= 0.3 is 0 Å². The lowest BCUT2D eigenvalue weighted by atomic mass is 10.1. The molecule has 2 aromatic carbocycles. The Hall–Kier alpha value is -1.43. The summed E-state index contributed by atoms with van der Waals surface area (Å²) in [5.41, 5.74) is 0. The van der Waals surface area contributed by atoms with E-state index in [2.05, 4.69) is 4.72 Å². The maximum absolute atomic E-state index is 12.1. The van der Waals surface area contributed by atoms with Gasteiger partial charge in [0.15, 0.2) is 0 Å². The standard InChI is InChI=1S/C14H17NO3S/c1-11(16)8-9-15-19(17,18)14-7-6-12-4-2-3-5-13(12)10-14/h2-7,10-11,15-16H,8-9H2,1H3. The van der Waals surface area contributed by atoms with Gasteiger partial charge in [-0.15, -0.1) is 0 Å². The fourth-order valence-corrected chi connectivity index (χ4v) is 2.90.